The third-order valence-electron chi connectivity index (χ3n) is 2.87. The largest absolute Gasteiger partial charge is 0.316 e. The van der Waals surface area contributed by atoms with Crippen LogP contribution in [0.3, 0.4) is 0 Å². The number of rotatable bonds is 2. The summed E-state index contributed by atoms with van der Waals surface area (Å²) in [6, 6.07) is 12.5. The minimum atomic E-state index is 0.0613. The van der Waals surface area contributed by atoms with Gasteiger partial charge < -0.3 is 5.32 Å². The van der Waals surface area contributed by atoms with Crippen LogP contribution in [0.5, 0.6) is 0 Å². The first-order chi connectivity index (χ1) is 6.92. The van der Waals surface area contributed by atoms with Crippen LogP contribution in [0, 0.1) is 17.2 Å². The minimum absolute atomic E-state index is 0.0613. The van der Waals surface area contributed by atoms with Gasteiger partial charge in [0.15, 0.2) is 0 Å². The standard InChI is InChI=1S/C12H14N2/c13-8-12(11-6-7-14-9-11)10-4-2-1-3-5-10/h1-5,11-12,14H,6-7,9H2/t11-,12?/m1/s1. The molecule has 0 amide bonds. The van der Waals surface area contributed by atoms with Crippen LogP contribution in [0.4, 0.5) is 0 Å². The van der Waals surface area contributed by atoms with Crippen molar-refractivity contribution >= 4 is 0 Å². The number of nitrogens with zero attached hydrogens (tertiary/aromatic N) is 1. The Kier molecular flexibility index (Phi) is 2.81. The molecule has 2 nitrogen and oxygen atoms in total. The number of hydrogen-bond acceptors (Lipinski definition) is 2. The van der Waals surface area contributed by atoms with Gasteiger partial charge in [-0.25, -0.2) is 0 Å². The molecule has 1 unspecified atom stereocenters. The van der Waals surface area contributed by atoms with E-state index in [1.54, 1.807) is 0 Å². The molecule has 0 spiro atoms. The molecule has 0 radical (unpaired) electrons. The summed E-state index contributed by atoms with van der Waals surface area (Å²) in [4.78, 5) is 0. The second kappa shape index (κ2) is 4.26. The Labute approximate surface area is 84.6 Å². The first-order valence-corrected chi connectivity index (χ1v) is 5.07. The molecule has 2 heteroatoms. The zero-order valence-corrected chi connectivity index (χ0v) is 8.11. The lowest BCUT2D eigenvalue weighted by atomic mass is 9.87. The highest BCUT2D eigenvalue weighted by Crippen LogP contribution is 2.27. The normalized spacial score (nSPS) is 22.9. The Hall–Kier alpha value is -1.33. The quantitative estimate of drug-likeness (QED) is 0.765. The van der Waals surface area contributed by atoms with Crippen molar-refractivity contribution < 1.29 is 0 Å². The van der Waals surface area contributed by atoms with Crippen LogP contribution < -0.4 is 5.32 Å². The molecule has 1 aromatic rings. The maximum atomic E-state index is 9.16. The summed E-state index contributed by atoms with van der Waals surface area (Å²) in [5.41, 5.74) is 1.16. The minimum Gasteiger partial charge on any atom is -0.316 e. The zero-order chi connectivity index (χ0) is 9.80. The zero-order valence-electron chi connectivity index (χ0n) is 8.11. The highest BCUT2D eigenvalue weighted by molar-refractivity contribution is 5.26. The summed E-state index contributed by atoms with van der Waals surface area (Å²) < 4.78 is 0. The Morgan fingerprint density at radius 1 is 1.36 bits per heavy atom. The maximum Gasteiger partial charge on any atom is 0.0753 e. The van der Waals surface area contributed by atoms with Gasteiger partial charge in [0.1, 0.15) is 0 Å². The molecule has 1 saturated heterocycles. The molecule has 1 aliphatic heterocycles. The van der Waals surface area contributed by atoms with E-state index >= 15 is 0 Å². The molecule has 1 fully saturated rings. The third-order valence-corrected chi connectivity index (χ3v) is 2.87. The first-order valence-electron chi connectivity index (χ1n) is 5.07. The van der Waals surface area contributed by atoms with Crippen molar-refractivity contribution in [2.45, 2.75) is 12.3 Å². The highest BCUT2D eigenvalue weighted by Gasteiger charge is 2.25. The van der Waals surface area contributed by atoms with Gasteiger partial charge >= 0.3 is 0 Å². The molecule has 2 rings (SSSR count). The monoisotopic (exact) mass is 186 g/mol. The van der Waals surface area contributed by atoms with Crippen molar-refractivity contribution in [3.8, 4) is 6.07 Å². The van der Waals surface area contributed by atoms with E-state index in [1.165, 1.54) is 0 Å². The van der Waals surface area contributed by atoms with Gasteiger partial charge in [-0.2, -0.15) is 5.26 Å². The molecule has 1 heterocycles. The lowest BCUT2D eigenvalue weighted by molar-refractivity contribution is 0.531. The Morgan fingerprint density at radius 3 is 2.71 bits per heavy atom. The van der Waals surface area contributed by atoms with E-state index < -0.39 is 0 Å². The number of benzene rings is 1. The molecular weight excluding hydrogens is 172 g/mol. The molecule has 14 heavy (non-hydrogen) atoms. The molecule has 0 aliphatic carbocycles. The van der Waals surface area contributed by atoms with E-state index in [9.17, 15) is 0 Å². The topological polar surface area (TPSA) is 35.8 Å². The number of nitrogens with one attached hydrogen (secondary N) is 1. The van der Waals surface area contributed by atoms with E-state index in [0.717, 1.165) is 25.1 Å². The van der Waals surface area contributed by atoms with Crippen molar-refractivity contribution in [2.24, 2.45) is 5.92 Å². The maximum absolute atomic E-state index is 9.16. The van der Waals surface area contributed by atoms with Crippen molar-refractivity contribution in [1.82, 2.24) is 5.32 Å². The summed E-state index contributed by atoms with van der Waals surface area (Å²) in [5, 5.41) is 12.5. The van der Waals surface area contributed by atoms with Crippen LogP contribution in [-0.2, 0) is 0 Å². The molecule has 0 bridgehead atoms. The molecule has 1 N–H and O–H groups in total. The van der Waals surface area contributed by atoms with Crippen molar-refractivity contribution in [2.75, 3.05) is 13.1 Å². The molecular formula is C12H14N2. The first kappa shape index (κ1) is 9.23. The van der Waals surface area contributed by atoms with Gasteiger partial charge in [-0.15, -0.1) is 0 Å². The van der Waals surface area contributed by atoms with Gasteiger partial charge in [0.25, 0.3) is 0 Å². The van der Waals surface area contributed by atoms with Crippen LogP contribution in [0.25, 0.3) is 0 Å². The molecule has 0 saturated carbocycles. The Bertz CT molecular complexity index is 320. The lowest BCUT2D eigenvalue weighted by Gasteiger charge is -2.15. The molecule has 1 aromatic carbocycles. The molecule has 0 aromatic heterocycles. The van der Waals surface area contributed by atoms with E-state index in [-0.39, 0.29) is 5.92 Å². The third kappa shape index (κ3) is 1.78. The van der Waals surface area contributed by atoms with Gasteiger partial charge in [-0.05, 0) is 31.0 Å². The Morgan fingerprint density at radius 2 is 2.14 bits per heavy atom. The highest BCUT2D eigenvalue weighted by atomic mass is 14.9. The molecule has 2 atom stereocenters. The smallest absolute Gasteiger partial charge is 0.0753 e. The van der Waals surface area contributed by atoms with Gasteiger partial charge in [0.05, 0.1) is 12.0 Å². The van der Waals surface area contributed by atoms with E-state index in [1.807, 2.05) is 30.3 Å². The van der Waals surface area contributed by atoms with Gasteiger partial charge in [-0.1, -0.05) is 30.3 Å². The number of nitriles is 1. The van der Waals surface area contributed by atoms with Gasteiger partial charge in [0.2, 0.25) is 0 Å². The molecule has 1 aliphatic rings. The fraction of sp³-hybridized carbons (Fsp3) is 0.417. The summed E-state index contributed by atoms with van der Waals surface area (Å²) in [6.07, 6.45) is 1.12. The van der Waals surface area contributed by atoms with Crippen LogP contribution in [-0.4, -0.2) is 13.1 Å². The van der Waals surface area contributed by atoms with Gasteiger partial charge in [-0.3, -0.25) is 0 Å². The van der Waals surface area contributed by atoms with Crippen LogP contribution in [0.15, 0.2) is 30.3 Å². The SMILES string of the molecule is N#CC(c1ccccc1)[C@@H]1CCNC1. The fourth-order valence-electron chi connectivity index (χ4n) is 2.07. The van der Waals surface area contributed by atoms with Crippen molar-refractivity contribution in [1.29, 1.82) is 5.26 Å². The summed E-state index contributed by atoms with van der Waals surface area (Å²) >= 11 is 0. The van der Waals surface area contributed by atoms with E-state index in [0.29, 0.717) is 5.92 Å². The fourth-order valence-corrected chi connectivity index (χ4v) is 2.07. The Balaban J connectivity index is 2.18. The second-order valence-corrected chi connectivity index (χ2v) is 3.77. The van der Waals surface area contributed by atoms with Crippen LogP contribution in [0.1, 0.15) is 17.9 Å². The van der Waals surface area contributed by atoms with Crippen LogP contribution >= 0.6 is 0 Å². The lowest BCUT2D eigenvalue weighted by Crippen LogP contribution is -2.15. The van der Waals surface area contributed by atoms with E-state index in [4.69, 9.17) is 5.26 Å². The van der Waals surface area contributed by atoms with Crippen molar-refractivity contribution in [3.05, 3.63) is 35.9 Å². The van der Waals surface area contributed by atoms with Gasteiger partial charge in [0, 0.05) is 0 Å². The molecule has 72 valence electrons. The predicted molar refractivity (Wildman–Crippen MR) is 55.8 cm³/mol. The van der Waals surface area contributed by atoms with Crippen LogP contribution in [0.2, 0.25) is 0 Å². The predicted octanol–water partition coefficient (Wildman–Crippen LogP) is 1.90. The number of hydrogen-bond donors (Lipinski definition) is 1. The summed E-state index contributed by atoms with van der Waals surface area (Å²) in [7, 11) is 0. The average molecular weight is 186 g/mol. The average Bonchev–Trinajstić information content (AvgIpc) is 2.74. The summed E-state index contributed by atoms with van der Waals surface area (Å²) in [6.45, 7) is 2.03. The van der Waals surface area contributed by atoms with E-state index in [2.05, 4.69) is 11.4 Å². The summed E-state index contributed by atoms with van der Waals surface area (Å²) in [5.74, 6) is 0.550. The second-order valence-electron chi connectivity index (χ2n) is 3.77. The van der Waals surface area contributed by atoms with Crippen molar-refractivity contribution in [3.63, 3.8) is 0 Å².